The van der Waals surface area contributed by atoms with Gasteiger partial charge in [-0.05, 0) is 71.0 Å². The van der Waals surface area contributed by atoms with Gasteiger partial charge in [0.1, 0.15) is 11.6 Å². The van der Waals surface area contributed by atoms with E-state index in [0.29, 0.717) is 44.9 Å². The molecule has 1 saturated heterocycles. The van der Waals surface area contributed by atoms with Crippen molar-refractivity contribution < 1.29 is 32.3 Å². The van der Waals surface area contributed by atoms with Crippen LogP contribution in [-0.4, -0.2) is 82.8 Å². The summed E-state index contributed by atoms with van der Waals surface area (Å²) in [6.45, 7) is 7.92. The molecule has 0 aromatic heterocycles. The van der Waals surface area contributed by atoms with Gasteiger partial charge in [-0.1, -0.05) is 18.2 Å². The molecule has 214 valence electrons. The second-order valence-corrected chi connectivity index (χ2v) is 12.1. The van der Waals surface area contributed by atoms with Gasteiger partial charge in [0.15, 0.2) is 0 Å². The molecule has 0 saturated carbocycles. The number of nitrogens with one attached hydrogen (secondary N) is 3. The zero-order valence-electron chi connectivity index (χ0n) is 22.8. The normalized spacial score (nSPS) is 15.5. The fraction of sp³-hybridized carbons (Fsp3) is 0.654. The van der Waals surface area contributed by atoms with Crippen LogP contribution in [0.25, 0.3) is 0 Å². The largest absolute Gasteiger partial charge is 0.468 e. The molecule has 1 aliphatic heterocycles. The highest BCUT2D eigenvalue weighted by molar-refractivity contribution is 7.89. The fourth-order valence-corrected chi connectivity index (χ4v) is 5.23. The minimum atomic E-state index is -3.89. The Balaban J connectivity index is 1.61. The first-order chi connectivity index (χ1) is 17.9. The number of ether oxygens (including phenoxy) is 2. The average Bonchev–Trinajstić information content (AvgIpc) is 2.87. The molecule has 1 aliphatic rings. The summed E-state index contributed by atoms with van der Waals surface area (Å²) in [5.74, 6) is -0.315. The van der Waals surface area contributed by atoms with Crippen LogP contribution >= 0.6 is 0 Å². The van der Waals surface area contributed by atoms with Gasteiger partial charge >= 0.3 is 12.1 Å². The van der Waals surface area contributed by atoms with Crippen LogP contribution in [0.5, 0.6) is 0 Å². The van der Waals surface area contributed by atoms with Gasteiger partial charge < -0.3 is 25.0 Å². The van der Waals surface area contributed by atoms with E-state index in [1.165, 1.54) is 19.2 Å². The maximum absolute atomic E-state index is 12.5. The van der Waals surface area contributed by atoms with Gasteiger partial charge in [-0.25, -0.2) is 13.2 Å². The Bertz CT molecular complexity index is 1000. The topological polar surface area (TPSA) is 143 Å². The molecule has 1 aromatic rings. The molecule has 0 aliphatic carbocycles. The Hall–Kier alpha value is -2.70. The third-order valence-corrected chi connectivity index (χ3v) is 7.57. The number of methoxy groups -OCH3 is 1. The molecule has 0 bridgehead atoms. The minimum absolute atomic E-state index is 0.0301. The molecule has 1 heterocycles. The molecule has 2 rings (SSSR count). The molecule has 11 nitrogen and oxygen atoms in total. The van der Waals surface area contributed by atoms with Crippen LogP contribution in [0, 0.1) is 5.92 Å². The lowest BCUT2D eigenvalue weighted by molar-refractivity contribution is -0.142. The van der Waals surface area contributed by atoms with Gasteiger partial charge in [0, 0.05) is 32.6 Å². The highest BCUT2D eigenvalue weighted by Gasteiger charge is 2.27. The Morgan fingerprint density at radius 3 is 2.34 bits per heavy atom. The summed E-state index contributed by atoms with van der Waals surface area (Å²) in [5, 5.41) is 5.95. The molecule has 1 aromatic carbocycles. The highest BCUT2D eigenvalue weighted by Crippen LogP contribution is 2.21. The van der Waals surface area contributed by atoms with Crippen molar-refractivity contribution in [3.63, 3.8) is 0 Å². The zero-order chi connectivity index (χ0) is 28.2. The lowest BCUT2D eigenvalue weighted by Crippen LogP contribution is -2.47. The van der Waals surface area contributed by atoms with Gasteiger partial charge in [-0.3, -0.25) is 9.59 Å². The summed E-state index contributed by atoms with van der Waals surface area (Å²) in [6, 6.07) is 6.68. The fourth-order valence-electron chi connectivity index (χ4n) is 4.03. The number of carbonyl (C=O) groups is 3. The molecular formula is C26H42N4O7S. The van der Waals surface area contributed by atoms with E-state index in [1.807, 2.05) is 20.8 Å². The summed E-state index contributed by atoms with van der Waals surface area (Å²) in [7, 11) is -2.69. The molecule has 38 heavy (non-hydrogen) atoms. The molecular weight excluding hydrogens is 512 g/mol. The maximum Gasteiger partial charge on any atom is 0.410 e. The quantitative estimate of drug-likeness (QED) is 0.248. The summed E-state index contributed by atoms with van der Waals surface area (Å²) in [6.07, 6.45) is 3.18. The number of sulfonamides is 1. The molecule has 3 N–H and O–H groups in total. The van der Waals surface area contributed by atoms with Crippen LogP contribution < -0.4 is 15.4 Å². The van der Waals surface area contributed by atoms with E-state index in [4.69, 9.17) is 9.47 Å². The van der Waals surface area contributed by atoms with Crippen LogP contribution in [0.15, 0.2) is 35.2 Å². The van der Waals surface area contributed by atoms with Gasteiger partial charge in [-0.2, -0.15) is 4.72 Å². The molecule has 1 atom stereocenters. The number of hydrogen-bond acceptors (Lipinski definition) is 8. The molecule has 0 unspecified atom stereocenters. The van der Waals surface area contributed by atoms with E-state index in [2.05, 4.69) is 15.4 Å². The average molecular weight is 555 g/mol. The first kappa shape index (κ1) is 31.5. The smallest absolute Gasteiger partial charge is 0.410 e. The number of rotatable bonds is 13. The van der Waals surface area contributed by atoms with Crippen molar-refractivity contribution >= 4 is 28.0 Å². The SMILES string of the molecule is COC(=O)[C@H](CNCCCC(=O)NCCC1CCN(C(=O)OC(C)(C)C)CC1)NS(=O)(=O)c1ccccc1. The van der Waals surface area contributed by atoms with Crippen LogP contribution in [0.4, 0.5) is 4.79 Å². The van der Waals surface area contributed by atoms with E-state index < -0.39 is 27.6 Å². The van der Waals surface area contributed by atoms with Crippen LogP contribution in [0.3, 0.4) is 0 Å². The first-order valence-corrected chi connectivity index (χ1v) is 14.5. The van der Waals surface area contributed by atoms with Gasteiger partial charge in [0.25, 0.3) is 0 Å². The van der Waals surface area contributed by atoms with Crippen molar-refractivity contribution in [3.05, 3.63) is 30.3 Å². The summed E-state index contributed by atoms with van der Waals surface area (Å²) >= 11 is 0. The van der Waals surface area contributed by atoms with Gasteiger partial charge in [0.2, 0.25) is 15.9 Å². The number of carbonyl (C=O) groups excluding carboxylic acids is 3. The van der Waals surface area contributed by atoms with Crippen LogP contribution in [0.2, 0.25) is 0 Å². The third kappa shape index (κ3) is 11.4. The Morgan fingerprint density at radius 1 is 1.08 bits per heavy atom. The maximum atomic E-state index is 12.5. The molecule has 2 amide bonds. The highest BCUT2D eigenvalue weighted by atomic mass is 32.2. The Labute approximate surface area is 226 Å². The van der Waals surface area contributed by atoms with Crippen molar-refractivity contribution in [1.82, 2.24) is 20.3 Å². The second-order valence-electron chi connectivity index (χ2n) is 10.4. The predicted octanol–water partition coefficient (Wildman–Crippen LogP) is 2.03. The van der Waals surface area contributed by atoms with Gasteiger partial charge in [0.05, 0.1) is 12.0 Å². The third-order valence-electron chi connectivity index (χ3n) is 6.08. The number of likely N-dealkylation sites (tertiary alicyclic amines) is 1. The first-order valence-electron chi connectivity index (χ1n) is 13.0. The Morgan fingerprint density at radius 2 is 1.74 bits per heavy atom. The minimum Gasteiger partial charge on any atom is -0.468 e. The van der Waals surface area contributed by atoms with Crippen LogP contribution in [0.1, 0.15) is 52.9 Å². The van der Waals surface area contributed by atoms with E-state index in [1.54, 1.807) is 23.1 Å². The Kier molecular flexibility index (Phi) is 12.5. The zero-order valence-corrected chi connectivity index (χ0v) is 23.6. The number of hydrogen-bond donors (Lipinski definition) is 3. The van der Waals surface area contributed by atoms with Crippen LogP contribution in [-0.2, 0) is 29.1 Å². The van der Waals surface area contributed by atoms with Crippen molar-refractivity contribution in [2.75, 3.05) is 39.8 Å². The number of nitrogens with zero attached hydrogens (tertiary/aromatic N) is 1. The number of esters is 1. The number of benzene rings is 1. The van der Waals surface area contributed by atoms with E-state index in [0.717, 1.165) is 19.3 Å². The van der Waals surface area contributed by atoms with Crippen molar-refractivity contribution in [1.29, 1.82) is 0 Å². The predicted molar refractivity (Wildman–Crippen MR) is 143 cm³/mol. The standard InChI is InChI=1S/C26H42N4O7S/c1-26(2,3)37-25(33)30-17-13-20(14-18-30)12-16-28-23(31)11-8-15-27-19-22(24(32)36-4)29-38(34,35)21-9-6-5-7-10-21/h5-7,9-10,20,22,27,29H,8,11-19H2,1-4H3,(H,28,31)/t22-/m0/s1. The lowest BCUT2D eigenvalue weighted by Gasteiger charge is -2.33. The number of piperidine rings is 1. The second kappa shape index (κ2) is 15.0. The van der Waals surface area contributed by atoms with Crippen molar-refractivity contribution in [2.45, 2.75) is 69.4 Å². The molecule has 0 spiro atoms. The molecule has 0 radical (unpaired) electrons. The summed E-state index contributed by atoms with van der Waals surface area (Å²) < 4.78 is 37.6. The van der Waals surface area contributed by atoms with E-state index in [-0.39, 0.29) is 23.4 Å². The number of amides is 2. The monoisotopic (exact) mass is 554 g/mol. The molecule has 12 heteroatoms. The summed E-state index contributed by atoms with van der Waals surface area (Å²) in [4.78, 5) is 38.2. The van der Waals surface area contributed by atoms with E-state index in [9.17, 15) is 22.8 Å². The van der Waals surface area contributed by atoms with Crippen molar-refractivity contribution in [3.8, 4) is 0 Å². The summed E-state index contributed by atoms with van der Waals surface area (Å²) in [5.41, 5.74) is -0.503. The lowest BCUT2D eigenvalue weighted by atomic mass is 9.94. The van der Waals surface area contributed by atoms with E-state index >= 15 is 0 Å². The molecule has 1 fully saturated rings. The van der Waals surface area contributed by atoms with Gasteiger partial charge in [-0.15, -0.1) is 0 Å². The van der Waals surface area contributed by atoms with Crippen molar-refractivity contribution in [2.24, 2.45) is 5.92 Å².